The molecule has 1 unspecified atom stereocenters. The summed E-state index contributed by atoms with van der Waals surface area (Å²) >= 11 is 0. The number of nitrogens with one attached hydrogen (secondary N) is 2. The van der Waals surface area contributed by atoms with E-state index < -0.39 is 0 Å². The summed E-state index contributed by atoms with van der Waals surface area (Å²) in [6.45, 7) is 2.95. The monoisotopic (exact) mass is 358 g/mol. The molecule has 1 heterocycles. The number of ether oxygens (including phenoxy) is 3. The standard InChI is InChI=1S/C17H26N2O4.ClH/c1-21-14-9-15(22-2)11-16(10-14)23-8-4-7-19-17(20)13-5-3-6-18-12-13;/h9-11,13,18H,3-8,12H2,1-2H3,(H,19,20);1H. The Morgan fingerprint density at radius 1 is 1.21 bits per heavy atom. The predicted molar refractivity (Wildman–Crippen MR) is 95.5 cm³/mol. The lowest BCUT2D eigenvalue weighted by atomic mass is 9.99. The smallest absolute Gasteiger partial charge is 0.224 e. The molecular formula is C17H27ClN2O4. The molecule has 0 bridgehead atoms. The summed E-state index contributed by atoms with van der Waals surface area (Å²) in [7, 11) is 3.21. The third kappa shape index (κ3) is 6.45. The van der Waals surface area contributed by atoms with Crippen molar-refractivity contribution in [2.24, 2.45) is 5.92 Å². The molecule has 7 heteroatoms. The van der Waals surface area contributed by atoms with E-state index in [-0.39, 0.29) is 24.2 Å². The lowest BCUT2D eigenvalue weighted by Crippen LogP contribution is -2.40. The first-order chi connectivity index (χ1) is 11.2. The van der Waals surface area contributed by atoms with E-state index in [1.807, 2.05) is 12.1 Å². The average Bonchev–Trinajstić information content (AvgIpc) is 2.61. The van der Waals surface area contributed by atoms with E-state index in [0.29, 0.717) is 30.4 Å². The fourth-order valence-electron chi connectivity index (χ4n) is 2.56. The molecule has 1 aromatic rings. The summed E-state index contributed by atoms with van der Waals surface area (Å²) in [4.78, 5) is 12.0. The molecular weight excluding hydrogens is 332 g/mol. The molecule has 1 aliphatic heterocycles. The second-order valence-corrected chi connectivity index (χ2v) is 5.58. The summed E-state index contributed by atoms with van der Waals surface area (Å²) in [5.41, 5.74) is 0. The molecule has 0 aliphatic carbocycles. The van der Waals surface area contributed by atoms with Gasteiger partial charge in [-0.05, 0) is 25.8 Å². The largest absolute Gasteiger partial charge is 0.496 e. The van der Waals surface area contributed by atoms with Crippen molar-refractivity contribution >= 4 is 18.3 Å². The maximum absolute atomic E-state index is 12.0. The number of methoxy groups -OCH3 is 2. The Balaban J connectivity index is 0.00000288. The lowest BCUT2D eigenvalue weighted by molar-refractivity contribution is -0.125. The topological polar surface area (TPSA) is 68.8 Å². The zero-order valence-electron chi connectivity index (χ0n) is 14.3. The molecule has 0 spiro atoms. The van der Waals surface area contributed by atoms with Crippen molar-refractivity contribution in [2.45, 2.75) is 19.3 Å². The zero-order valence-corrected chi connectivity index (χ0v) is 15.1. The van der Waals surface area contributed by atoms with Crippen molar-refractivity contribution in [3.05, 3.63) is 18.2 Å². The normalized spacial score (nSPS) is 16.7. The van der Waals surface area contributed by atoms with Crippen LogP contribution in [-0.4, -0.2) is 46.4 Å². The molecule has 2 rings (SSSR count). The Morgan fingerprint density at radius 2 is 1.88 bits per heavy atom. The number of hydrogen-bond donors (Lipinski definition) is 2. The van der Waals surface area contributed by atoms with Gasteiger partial charge in [-0.3, -0.25) is 4.79 Å². The summed E-state index contributed by atoms with van der Waals surface area (Å²) < 4.78 is 16.1. The highest BCUT2D eigenvalue weighted by atomic mass is 35.5. The summed E-state index contributed by atoms with van der Waals surface area (Å²) in [6, 6.07) is 5.43. The van der Waals surface area contributed by atoms with Crippen LogP contribution >= 0.6 is 12.4 Å². The number of hydrogen-bond acceptors (Lipinski definition) is 5. The summed E-state index contributed by atoms with van der Waals surface area (Å²) in [6.07, 6.45) is 2.79. The van der Waals surface area contributed by atoms with Gasteiger partial charge in [0, 0.05) is 31.3 Å². The van der Waals surface area contributed by atoms with Crippen LogP contribution in [0.1, 0.15) is 19.3 Å². The highest BCUT2D eigenvalue weighted by Gasteiger charge is 2.19. The van der Waals surface area contributed by atoms with Gasteiger partial charge in [0.1, 0.15) is 17.2 Å². The Kier molecular flexibility index (Phi) is 9.34. The van der Waals surface area contributed by atoms with E-state index >= 15 is 0 Å². The van der Waals surface area contributed by atoms with Crippen LogP contribution < -0.4 is 24.8 Å². The first-order valence-electron chi connectivity index (χ1n) is 8.07. The van der Waals surface area contributed by atoms with Crippen LogP contribution in [0.15, 0.2) is 18.2 Å². The minimum atomic E-state index is 0. The molecule has 136 valence electrons. The molecule has 6 nitrogen and oxygen atoms in total. The third-order valence-electron chi connectivity index (χ3n) is 3.88. The van der Waals surface area contributed by atoms with E-state index in [1.165, 1.54) is 0 Å². The van der Waals surface area contributed by atoms with Crippen molar-refractivity contribution in [1.29, 1.82) is 0 Å². The van der Waals surface area contributed by atoms with Crippen LogP contribution in [0.2, 0.25) is 0 Å². The molecule has 0 radical (unpaired) electrons. The van der Waals surface area contributed by atoms with Crippen molar-refractivity contribution < 1.29 is 19.0 Å². The minimum absolute atomic E-state index is 0. The Hall–Kier alpha value is -1.66. The number of rotatable bonds is 8. The highest BCUT2D eigenvalue weighted by molar-refractivity contribution is 5.85. The molecule has 1 atom stereocenters. The first kappa shape index (κ1) is 20.4. The van der Waals surface area contributed by atoms with Gasteiger partial charge in [0.15, 0.2) is 0 Å². The second-order valence-electron chi connectivity index (χ2n) is 5.58. The summed E-state index contributed by atoms with van der Waals surface area (Å²) in [5.74, 6) is 2.33. The van der Waals surface area contributed by atoms with Crippen LogP contribution in [0.3, 0.4) is 0 Å². The molecule has 0 saturated carbocycles. The number of carbonyl (C=O) groups excluding carboxylic acids is 1. The number of benzene rings is 1. The van der Waals surface area contributed by atoms with Gasteiger partial charge in [0.05, 0.1) is 26.7 Å². The quantitative estimate of drug-likeness (QED) is 0.696. The maximum Gasteiger partial charge on any atom is 0.224 e. The minimum Gasteiger partial charge on any atom is -0.496 e. The van der Waals surface area contributed by atoms with Crippen molar-refractivity contribution in [3.8, 4) is 17.2 Å². The van der Waals surface area contributed by atoms with Crippen molar-refractivity contribution in [3.63, 3.8) is 0 Å². The van der Waals surface area contributed by atoms with Gasteiger partial charge in [-0.1, -0.05) is 0 Å². The van der Waals surface area contributed by atoms with E-state index in [0.717, 1.165) is 32.4 Å². The van der Waals surface area contributed by atoms with E-state index in [9.17, 15) is 4.79 Å². The molecule has 1 saturated heterocycles. The van der Waals surface area contributed by atoms with Crippen molar-refractivity contribution in [1.82, 2.24) is 10.6 Å². The number of halogens is 1. The molecule has 1 amide bonds. The van der Waals surface area contributed by atoms with Gasteiger partial charge in [-0.25, -0.2) is 0 Å². The molecule has 2 N–H and O–H groups in total. The van der Waals surface area contributed by atoms with Crippen LogP contribution in [-0.2, 0) is 4.79 Å². The molecule has 0 aromatic heterocycles. The zero-order chi connectivity index (χ0) is 16.5. The molecule has 1 fully saturated rings. The Bertz CT molecular complexity index is 485. The van der Waals surface area contributed by atoms with E-state index in [1.54, 1.807) is 20.3 Å². The van der Waals surface area contributed by atoms with Gasteiger partial charge in [0.2, 0.25) is 5.91 Å². The second kappa shape index (κ2) is 11.0. The SMILES string of the molecule is COc1cc(OC)cc(OCCCNC(=O)C2CCCNC2)c1.Cl. The molecule has 1 aromatic carbocycles. The van der Waals surface area contributed by atoms with Crippen LogP contribution in [0.5, 0.6) is 17.2 Å². The maximum atomic E-state index is 12.0. The average molecular weight is 359 g/mol. The number of amides is 1. The van der Waals surface area contributed by atoms with Crippen LogP contribution in [0.4, 0.5) is 0 Å². The van der Waals surface area contributed by atoms with Gasteiger partial charge in [-0.15, -0.1) is 12.4 Å². The lowest BCUT2D eigenvalue weighted by Gasteiger charge is -2.21. The predicted octanol–water partition coefficient (Wildman–Crippen LogP) is 2.01. The Labute approximate surface area is 149 Å². The van der Waals surface area contributed by atoms with Gasteiger partial charge >= 0.3 is 0 Å². The Morgan fingerprint density at radius 3 is 2.46 bits per heavy atom. The molecule has 1 aliphatic rings. The third-order valence-corrected chi connectivity index (χ3v) is 3.88. The van der Waals surface area contributed by atoms with Crippen molar-refractivity contribution in [2.75, 3.05) is 40.5 Å². The van der Waals surface area contributed by atoms with E-state index in [2.05, 4.69) is 10.6 Å². The number of carbonyl (C=O) groups is 1. The van der Waals surface area contributed by atoms with E-state index in [4.69, 9.17) is 14.2 Å². The highest BCUT2D eigenvalue weighted by Crippen LogP contribution is 2.27. The van der Waals surface area contributed by atoms with Gasteiger partial charge < -0.3 is 24.8 Å². The fraction of sp³-hybridized carbons (Fsp3) is 0.588. The van der Waals surface area contributed by atoms with Crippen LogP contribution in [0, 0.1) is 5.92 Å². The fourth-order valence-corrected chi connectivity index (χ4v) is 2.56. The first-order valence-corrected chi connectivity index (χ1v) is 8.07. The number of piperidine rings is 1. The van der Waals surface area contributed by atoms with Crippen LogP contribution in [0.25, 0.3) is 0 Å². The summed E-state index contributed by atoms with van der Waals surface area (Å²) in [5, 5.41) is 6.23. The van der Waals surface area contributed by atoms with Gasteiger partial charge in [-0.2, -0.15) is 0 Å². The van der Waals surface area contributed by atoms with Gasteiger partial charge in [0.25, 0.3) is 0 Å². The molecule has 24 heavy (non-hydrogen) atoms.